The van der Waals surface area contributed by atoms with Gasteiger partial charge in [0.05, 0.1) is 10.7 Å². The number of hydrogen-bond acceptors (Lipinski definition) is 3. The van der Waals surface area contributed by atoms with Crippen molar-refractivity contribution in [2.24, 2.45) is 5.41 Å². The third kappa shape index (κ3) is 5.10. The molecule has 1 aliphatic rings. The lowest BCUT2D eigenvalue weighted by atomic mass is 9.94. The van der Waals surface area contributed by atoms with E-state index in [2.05, 4.69) is 10.2 Å². The van der Waals surface area contributed by atoms with Crippen LogP contribution in [0.1, 0.15) is 36.7 Å². The Morgan fingerprint density at radius 1 is 1.00 bits per heavy atom. The van der Waals surface area contributed by atoms with Gasteiger partial charge in [0.15, 0.2) is 0 Å². The topological polar surface area (TPSA) is 52.7 Å². The summed E-state index contributed by atoms with van der Waals surface area (Å²) in [7, 11) is 0. The molecule has 29 heavy (non-hydrogen) atoms. The predicted molar refractivity (Wildman–Crippen MR) is 119 cm³/mol. The summed E-state index contributed by atoms with van der Waals surface area (Å²) in [6, 6.07) is 13.0. The SMILES string of the molecule is Cc1cccc(C(=O)Nc2ccc(N3CCN(C(=O)C(C)(C)C)CC3)c(Cl)c2)c1. The Kier molecular flexibility index (Phi) is 6.18. The molecule has 6 heteroatoms. The monoisotopic (exact) mass is 413 g/mol. The molecule has 1 heterocycles. The second-order valence-electron chi connectivity index (χ2n) is 8.52. The second-order valence-corrected chi connectivity index (χ2v) is 8.93. The van der Waals surface area contributed by atoms with Crippen molar-refractivity contribution in [2.45, 2.75) is 27.7 Å². The number of hydrogen-bond donors (Lipinski definition) is 1. The third-order valence-electron chi connectivity index (χ3n) is 5.03. The number of amides is 2. The van der Waals surface area contributed by atoms with Crippen molar-refractivity contribution in [2.75, 3.05) is 36.4 Å². The summed E-state index contributed by atoms with van der Waals surface area (Å²) in [5.74, 6) is 0.0179. The highest BCUT2D eigenvalue weighted by Crippen LogP contribution is 2.30. The zero-order valence-corrected chi connectivity index (χ0v) is 18.2. The van der Waals surface area contributed by atoms with Gasteiger partial charge >= 0.3 is 0 Å². The number of carbonyl (C=O) groups excluding carboxylic acids is 2. The van der Waals surface area contributed by atoms with Gasteiger partial charge in [0.2, 0.25) is 5.91 Å². The van der Waals surface area contributed by atoms with E-state index in [0.29, 0.717) is 29.4 Å². The average molecular weight is 414 g/mol. The van der Waals surface area contributed by atoms with E-state index in [1.807, 2.05) is 62.9 Å². The number of benzene rings is 2. The Labute approximate surface area is 177 Å². The molecule has 1 N–H and O–H groups in total. The molecule has 154 valence electrons. The molecule has 2 aromatic carbocycles. The summed E-state index contributed by atoms with van der Waals surface area (Å²) in [5, 5.41) is 3.49. The van der Waals surface area contributed by atoms with Gasteiger partial charge in [-0.15, -0.1) is 0 Å². The Morgan fingerprint density at radius 2 is 1.69 bits per heavy atom. The van der Waals surface area contributed by atoms with E-state index in [0.717, 1.165) is 24.3 Å². The maximum atomic E-state index is 12.5. The van der Waals surface area contributed by atoms with E-state index in [9.17, 15) is 9.59 Å². The quantitative estimate of drug-likeness (QED) is 0.800. The van der Waals surface area contributed by atoms with Crippen LogP contribution in [0.25, 0.3) is 0 Å². The maximum absolute atomic E-state index is 12.5. The van der Waals surface area contributed by atoms with Crippen LogP contribution in [-0.2, 0) is 4.79 Å². The number of nitrogens with zero attached hydrogens (tertiary/aromatic N) is 2. The molecule has 2 aromatic rings. The van der Waals surface area contributed by atoms with E-state index in [1.165, 1.54) is 0 Å². The summed E-state index contributed by atoms with van der Waals surface area (Å²) in [6.07, 6.45) is 0. The van der Waals surface area contributed by atoms with E-state index in [4.69, 9.17) is 11.6 Å². The van der Waals surface area contributed by atoms with E-state index in [-0.39, 0.29) is 17.2 Å². The molecule has 0 radical (unpaired) electrons. The van der Waals surface area contributed by atoms with Crippen molar-refractivity contribution >= 4 is 34.8 Å². The van der Waals surface area contributed by atoms with Crippen LogP contribution < -0.4 is 10.2 Å². The number of carbonyl (C=O) groups is 2. The van der Waals surface area contributed by atoms with Crippen LogP contribution in [0.3, 0.4) is 0 Å². The first-order valence-corrected chi connectivity index (χ1v) is 10.2. The molecule has 1 fully saturated rings. The predicted octanol–water partition coefficient (Wildman–Crippen LogP) is 4.60. The lowest BCUT2D eigenvalue weighted by molar-refractivity contribution is -0.139. The number of aryl methyl sites for hydroxylation is 1. The molecule has 5 nitrogen and oxygen atoms in total. The highest BCUT2D eigenvalue weighted by atomic mass is 35.5. The molecule has 0 aromatic heterocycles. The maximum Gasteiger partial charge on any atom is 0.255 e. The van der Waals surface area contributed by atoms with Gasteiger partial charge in [-0.1, -0.05) is 50.1 Å². The Bertz CT molecular complexity index is 913. The van der Waals surface area contributed by atoms with Crippen LogP contribution in [0.4, 0.5) is 11.4 Å². The molecule has 2 amide bonds. The average Bonchev–Trinajstić information content (AvgIpc) is 2.67. The Balaban J connectivity index is 1.64. The summed E-state index contributed by atoms with van der Waals surface area (Å²) >= 11 is 6.52. The van der Waals surface area contributed by atoms with Crippen LogP contribution in [0.2, 0.25) is 5.02 Å². The number of piperazine rings is 1. The zero-order valence-electron chi connectivity index (χ0n) is 17.5. The molecular formula is C23H28ClN3O2. The first-order chi connectivity index (χ1) is 13.6. The second kappa shape index (κ2) is 8.46. The van der Waals surface area contributed by atoms with Crippen molar-refractivity contribution in [3.8, 4) is 0 Å². The summed E-state index contributed by atoms with van der Waals surface area (Å²) in [6.45, 7) is 10.6. The first-order valence-electron chi connectivity index (χ1n) is 9.87. The number of anilines is 2. The number of halogens is 1. The number of rotatable bonds is 3. The molecule has 1 saturated heterocycles. The normalized spacial score (nSPS) is 14.7. The van der Waals surface area contributed by atoms with Gasteiger partial charge in [-0.05, 0) is 37.3 Å². The molecule has 3 rings (SSSR count). The van der Waals surface area contributed by atoms with Crippen molar-refractivity contribution in [3.05, 3.63) is 58.6 Å². The smallest absolute Gasteiger partial charge is 0.255 e. The van der Waals surface area contributed by atoms with Crippen molar-refractivity contribution in [3.63, 3.8) is 0 Å². The van der Waals surface area contributed by atoms with E-state index < -0.39 is 0 Å². The van der Waals surface area contributed by atoms with Gasteiger partial charge in [-0.25, -0.2) is 0 Å². The van der Waals surface area contributed by atoms with Gasteiger partial charge in [0.25, 0.3) is 5.91 Å². The minimum atomic E-state index is -0.364. The van der Waals surface area contributed by atoms with Crippen molar-refractivity contribution in [1.82, 2.24) is 4.90 Å². The van der Waals surface area contributed by atoms with E-state index in [1.54, 1.807) is 12.1 Å². The fourth-order valence-electron chi connectivity index (χ4n) is 3.46. The minimum Gasteiger partial charge on any atom is -0.367 e. The van der Waals surface area contributed by atoms with Crippen LogP contribution >= 0.6 is 11.6 Å². The van der Waals surface area contributed by atoms with Gasteiger partial charge in [-0.3, -0.25) is 9.59 Å². The van der Waals surface area contributed by atoms with Crippen LogP contribution in [0.5, 0.6) is 0 Å². The fourth-order valence-corrected chi connectivity index (χ4v) is 3.76. The fraction of sp³-hybridized carbons (Fsp3) is 0.391. The summed E-state index contributed by atoms with van der Waals surface area (Å²) < 4.78 is 0. The zero-order chi connectivity index (χ0) is 21.2. The Hall–Kier alpha value is -2.53. The molecule has 0 atom stereocenters. The number of nitrogens with one attached hydrogen (secondary N) is 1. The van der Waals surface area contributed by atoms with Crippen LogP contribution in [0.15, 0.2) is 42.5 Å². The molecule has 0 bridgehead atoms. The van der Waals surface area contributed by atoms with Gasteiger partial charge in [-0.2, -0.15) is 0 Å². The first kappa shape index (κ1) is 21.2. The summed E-state index contributed by atoms with van der Waals surface area (Å²) in [5.41, 5.74) is 2.87. The van der Waals surface area contributed by atoms with Crippen molar-refractivity contribution in [1.29, 1.82) is 0 Å². The Morgan fingerprint density at radius 3 is 2.28 bits per heavy atom. The standard InChI is InChI=1S/C23H28ClN3O2/c1-16-6-5-7-17(14-16)21(28)25-18-8-9-20(19(24)15-18)26-10-12-27(13-11-26)22(29)23(2,3)4/h5-9,14-15H,10-13H2,1-4H3,(H,25,28). The molecule has 0 saturated carbocycles. The minimum absolute atomic E-state index is 0.160. The molecule has 1 aliphatic heterocycles. The molecule has 0 spiro atoms. The van der Waals surface area contributed by atoms with Gasteiger partial charge in [0.1, 0.15) is 0 Å². The van der Waals surface area contributed by atoms with Gasteiger partial charge in [0, 0.05) is 42.8 Å². The summed E-state index contributed by atoms with van der Waals surface area (Å²) in [4.78, 5) is 29.0. The van der Waals surface area contributed by atoms with Gasteiger partial charge < -0.3 is 15.1 Å². The van der Waals surface area contributed by atoms with E-state index >= 15 is 0 Å². The highest BCUT2D eigenvalue weighted by Gasteiger charge is 2.30. The van der Waals surface area contributed by atoms with Crippen LogP contribution in [0, 0.1) is 12.3 Å². The third-order valence-corrected chi connectivity index (χ3v) is 5.34. The lowest BCUT2D eigenvalue weighted by Crippen LogP contribution is -2.51. The largest absolute Gasteiger partial charge is 0.367 e. The van der Waals surface area contributed by atoms with Crippen molar-refractivity contribution < 1.29 is 9.59 Å². The molecule has 0 aliphatic carbocycles. The molecular weight excluding hydrogens is 386 g/mol. The highest BCUT2D eigenvalue weighted by molar-refractivity contribution is 6.33. The molecule has 0 unspecified atom stereocenters. The van der Waals surface area contributed by atoms with Crippen LogP contribution in [-0.4, -0.2) is 42.9 Å². The lowest BCUT2D eigenvalue weighted by Gasteiger charge is -2.39.